The van der Waals surface area contributed by atoms with Gasteiger partial charge in [-0.2, -0.15) is 0 Å². The van der Waals surface area contributed by atoms with Crippen molar-refractivity contribution in [2.24, 2.45) is 11.8 Å². The summed E-state index contributed by atoms with van der Waals surface area (Å²) in [6.45, 7) is 3.99. The molecule has 4 heterocycles. The highest BCUT2D eigenvalue weighted by atomic mass is 35.5. The molecule has 0 unspecified atom stereocenters. The van der Waals surface area contributed by atoms with Crippen molar-refractivity contribution in [3.05, 3.63) is 53.1 Å². The molecule has 6 atom stereocenters. The fraction of sp³-hybridized carbons (Fsp3) is 0.533. The van der Waals surface area contributed by atoms with E-state index in [1.807, 2.05) is 25.1 Å². The molecule has 4 aliphatic rings. The molecule has 1 aromatic rings. The molecule has 5 rings (SSSR count). The average Bonchev–Trinajstić information content (AvgIpc) is 3.57. The summed E-state index contributed by atoms with van der Waals surface area (Å²) in [5.74, 6) is -3.42. The molecule has 5 bridgehead atoms. The molecule has 0 aromatic heterocycles. The van der Waals surface area contributed by atoms with Gasteiger partial charge in [0.15, 0.2) is 0 Å². The molecule has 1 aromatic carbocycles. The molecule has 2 saturated heterocycles. The van der Waals surface area contributed by atoms with Crippen molar-refractivity contribution in [2.75, 3.05) is 31.1 Å². The Morgan fingerprint density at radius 2 is 1.95 bits per heavy atom. The first-order chi connectivity index (χ1) is 19.7. The maximum atomic E-state index is 14.7. The van der Waals surface area contributed by atoms with Crippen LogP contribution in [0.3, 0.4) is 0 Å². The third kappa shape index (κ3) is 5.29. The molecule has 2 fully saturated rings. The van der Waals surface area contributed by atoms with Crippen LogP contribution >= 0.6 is 11.6 Å². The Labute approximate surface area is 244 Å². The number of unbranched alkanes of at least 4 members (excludes halogenated alkanes) is 1. The smallest absolute Gasteiger partial charge is 0.313 e. The van der Waals surface area contributed by atoms with Gasteiger partial charge in [0.2, 0.25) is 11.8 Å². The quantitative estimate of drug-likeness (QED) is 0.309. The average molecular weight is 586 g/mol. The number of hydrogen-bond donors (Lipinski definition) is 2. The van der Waals surface area contributed by atoms with Crippen LogP contribution in [0.5, 0.6) is 0 Å². The van der Waals surface area contributed by atoms with Crippen molar-refractivity contribution in [1.82, 2.24) is 10.2 Å². The lowest BCUT2D eigenvalue weighted by molar-refractivity contribution is -0.158. The van der Waals surface area contributed by atoms with Gasteiger partial charge < -0.3 is 29.7 Å². The minimum Gasteiger partial charge on any atom is -0.460 e. The Bertz CT molecular complexity index is 1260. The summed E-state index contributed by atoms with van der Waals surface area (Å²) in [5, 5.41) is 12.6. The fourth-order valence-electron chi connectivity index (χ4n) is 6.43. The number of anilines is 1. The van der Waals surface area contributed by atoms with E-state index in [1.165, 1.54) is 4.90 Å². The van der Waals surface area contributed by atoms with Gasteiger partial charge in [0.25, 0.3) is 5.91 Å². The number of esters is 1. The van der Waals surface area contributed by atoms with Crippen LogP contribution in [0.25, 0.3) is 0 Å². The van der Waals surface area contributed by atoms with E-state index in [9.17, 15) is 24.3 Å². The first kappa shape index (κ1) is 29.3. The number of halogens is 1. The third-order valence-corrected chi connectivity index (χ3v) is 8.61. The first-order valence-electron chi connectivity index (χ1n) is 14.2. The van der Waals surface area contributed by atoms with E-state index >= 15 is 0 Å². The lowest BCUT2D eigenvalue weighted by Crippen LogP contribution is -2.56. The summed E-state index contributed by atoms with van der Waals surface area (Å²) in [4.78, 5) is 57.7. The second kappa shape index (κ2) is 12.0. The zero-order valence-electron chi connectivity index (χ0n) is 23.3. The number of likely N-dealkylation sites (tertiary alicyclic amines) is 1. The van der Waals surface area contributed by atoms with E-state index in [-0.39, 0.29) is 50.4 Å². The molecule has 4 aliphatic heterocycles. The van der Waals surface area contributed by atoms with E-state index in [4.69, 9.17) is 21.1 Å². The van der Waals surface area contributed by atoms with Crippen LogP contribution in [0.15, 0.2) is 42.5 Å². The van der Waals surface area contributed by atoms with Gasteiger partial charge >= 0.3 is 5.97 Å². The van der Waals surface area contributed by atoms with E-state index < -0.39 is 41.7 Å². The number of aliphatic hydroxyl groups excluding tert-OH is 1. The topological polar surface area (TPSA) is 125 Å². The molecule has 11 heteroatoms. The zero-order chi connectivity index (χ0) is 29.3. The Hall–Kier alpha value is -3.21. The van der Waals surface area contributed by atoms with Gasteiger partial charge in [-0.3, -0.25) is 19.2 Å². The Balaban J connectivity index is 1.61. The van der Waals surface area contributed by atoms with Crippen LogP contribution in [0.1, 0.15) is 38.2 Å². The lowest BCUT2D eigenvalue weighted by Gasteiger charge is -2.36. The van der Waals surface area contributed by atoms with Gasteiger partial charge in [-0.15, -0.1) is 0 Å². The summed E-state index contributed by atoms with van der Waals surface area (Å²) in [6, 6.07) is 4.31. The minimum absolute atomic E-state index is 0.0488. The van der Waals surface area contributed by atoms with Crippen molar-refractivity contribution < 1.29 is 33.8 Å². The van der Waals surface area contributed by atoms with Gasteiger partial charge in [0, 0.05) is 26.1 Å². The Morgan fingerprint density at radius 1 is 1.15 bits per heavy atom. The third-order valence-electron chi connectivity index (χ3n) is 8.31. The highest BCUT2D eigenvalue weighted by Crippen LogP contribution is 2.56. The molecule has 3 amide bonds. The van der Waals surface area contributed by atoms with Crippen molar-refractivity contribution in [3.8, 4) is 0 Å². The predicted octanol–water partition coefficient (Wildman–Crippen LogP) is 2.30. The number of benzene rings is 1. The van der Waals surface area contributed by atoms with Crippen molar-refractivity contribution in [2.45, 2.75) is 63.4 Å². The number of amides is 3. The molecular formula is C30H36ClN3O7. The molecule has 0 aliphatic carbocycles. The summed E-state index contributed by atoms with van der Waals surface area (Å²) in [6.07, 6.45) is 7.40. The number of allylic oxidation sites excluding steroid dienone is 1. The lowest BCUT2D eigenvalue weighted by atomic mass is 9.74. The summed E-state index contributed by atoms with van der Waals surface area (Å²) in [7, 11) is 0. The van der Waals surface area contributed by atoms with Crippen molar-refractivity contribution in [1.29, 1.82) is 0 Å². The molecule has 0 saturated carbocycles. The fourth-order valence-corrected chi connectivity index (χ4v) is 6.76. The van der Waals surface area contributed by atoms with Crippen LogP contribution in [-0.2, 0) is 28.7 Å². The standard InChI is InChI=1S/C30H36ClN3O7/c1-18-9-8-10-20(31)25(18)33-14-5-3-4-11-22(36)32-17-19(2)40-29(39)23-21-12-13-30(41-21)24(23)27(37)34(15-6-7-16-35)26(30)28(33)38/h3,5,8-10,12-13,19,21,23-24,26,35H,4,6-7,11,14-17H2,1-2H3,(H,32,36)/b5-3-/t19-,21+,23-,24-,26+,30-/m0/s1. The maximum Gasteiger partial charge on any atom is 0.313 e. The summed E-state index contributed by atoms with van der Waals surface area (Å²) >= 11 is 6.65. The molecular weight excluding hydrogens is 550 g/mol. The normalized spacial score (nSPS) is 32.7. The van der Waals surface area contributed by atoms with E-state index in [1.54, 1.807) is 36.1 Å². The summed E-state index contributed by atoms with van der Waals surface area (Å²) in [5.41, 5.74) is -0.0645. The van der Waals surface area contributed by atoms with Gasteiger partial charge in [-0.05, 0) is 44.7 Å². The number of aryl methyl sites for hydroxylation is 1. The van der Waals surface area contributed by atoms with Gasteiger partial charge in [0.1, 0.15) is 23.7 Å². The SMILES string of the molecule is Cc1cccc(Cl)c1N1C/C=C\CCC(=O)NC[C@H](C)OC(=O)[C@@H]2[C@H]3C(=O)N(CCCCO)[C@H](C1=O)[C@]31C=C[C@H]2O1. The highest BCUT2D eigenvalue weighted by molar-refractivity contribution is 6.34. The molecule has 1 spiro atoms. The minimum atomic E-state index is -1.36. The molecule has 2 N–H and O–H groups in total. The number of cyclic esters (lactones) is 1. The van der Waals surface area contributed by atoms with Crippen molar-refractivity contribution in [3.63, 3.8) is 0 Å². The Morgan fingerprint density at radius 3 is 2.71 bits per heavy atom. The second-order valence-electron chi connectivity index (χ2n) is 11.1. The highest BCUT2D eigenvalue weighted by Gasteiger charge is 2.73. The van der Waals surface area contributed by atoms with Gasteiger partial charge in [-0.1, -0.05) is 48.0 Å². The molecule has 10 nitrogen and oxygen atoms in total. The van der Waals surface area contributed by atoms with Gasteiger partial charge in [-0.25, -0.2) is 0 Å². The number of fused-ring (bicyclic) bond motifs is 2. The number of carbonyl (C=O) groups is 4. The van der Waals surface area contributed by atoms with E-state index in [2.05, 4.69) is 5.32 Å². The number of nitrogens with one attached hydrogen (secondary N) is 1. The maximum absolute atomic E-state index is 14.7. The number of carbonyl (C=O) groups excluding carboxylic acids is 4. The van der Waals surface area contributed by atoms with Crippen LogP contribution < -0.4 is 10.2 Å². The zero-order valence-corrected chi connectivity index (χ0v) is 24.0. The van der Waals surface area contributed by atoms with Crippen LogP contribution in [-0.4, -0.2) is 83.8 Å². The number of aliphatic hydroxyl groups is 1. The predicted molar refractivity (Wildman–Crippen MR) is 151 cm³/mol. The van der Waals surface area contributed by atoms with Crippen LogP contribution in [0, 0.1) is 18.8 Å². The first-order valence-corrected chi connectivity index (χ1v) is 14.5. The molecule has 220 valence electrons. The Kier molecular flexibility index (Phi) is 8.54. The number of para-hydroxylation sites is 1. The second-order valence-corrected chi connectivity index (χ2v) is 11.5. The largest absolute Gasteiger partial charge is 0.460 e. The molecule has 0 radical (unpaired) electrons. The molecule has 41 heavy (non-hydrogen) atoms. The number of hydrogen-bond acceptors (Lipinski definition) is 7. The van der Waals surface area contributed by atoms with Crippen LogP contribution in [0.2, 0.25) is 5.02 Å². The summed E-state index contributed by atoms with van der Waals surface area (Å²) < 4.78 is 12.1. The number of ether oxygens (including phenoxy) is 2. The van der Waals surface area contributed by atoms with Crippen molar-refractivity contribution >= 4 is 41.0 Å². The number of nitrogens with zero attached hydrogens (tertiary/aromatic N) is 2. The number of rotatable bonds is 5. The van der Waals surface area contributed by atoms with E-state index in [0.29, 0.717) is 30.0 Å². The van der Waals surface area contributed by atoms with E-state index in [0.717, 1.165) is 5.56 Å². The van der Waals surface area contributed by atoms with Crippen LogP contribution in [0.4, 0.5) is 5.69 Å². The van der Waals surface area contributed by atoms with Gasteiger partial charge in [0.05, 0.1) is 29.3 Å². The monoisotopic (exact) mass is 585 g/mol.